The Hall–Kier alpha value is -0.810. The van der Waals surface area contributed by atoms with Gasteiger partial charge in [0.25, 0.3) is 0 Å². The highest BCUT2D eigenvalue weighted by Gasteiger charge is 2.20. The van der Waals surface area contributed by atoms with Crippen LogP contribution in [0.25, 0.3) is 0 Å². The molecule has 1 heterocycles. The van der Waals surface area contributed by atoms with Gasteiger partial charge in [0.2, 0.25) is 0 Å². The van der Waals surface area contributed by atoms with E-state index in [1.54, 1.807) is 7.05 Å². The highest BCUT2D eigenvalue weighted by molar-refractivity contribution is 5.83. The molecule has 1 saturated heterocycles. The van der Waals surface area contributed by atoms with Crippen LogP contribution in [-0.2, 0) is 0 Å². The van der Waals surface area contributed by atoms with Crippen LogP contribution in [0, 0.1) is 5.92 Å². The van der Waals surface area contributed by atoms with Crippen molar-refractivity contribution in [2.75, 3.05) is 20.1 Å². The van der Waals surface area contributed by atoms with Crippen LogP contribution in [0.2, 0.25) is 0 Å². The average molecular weight is 171 g/mol. The number of rotatable bonds is 1. The number of piperidine rings is 1. The fourth-order valence-electron chi connectivity index (χ4n) is 1.56. The summed E-state index contributed by atoms with van der Waals surface area (Å²) in [7, 11) is 1.77. The van der Waals surface area contributed by atoms with E-state index < -0.39 is 0 Å². The SMILES string of the molecule is CN(N)/C(=N\N)C1CCNCC1. The highest BCUT2D eigenvalue weighted by Crippen LogP contribution is 2.13. The predicted octanol–water partition coefficient (Wildman–Crippen LogP) is -0.936. The molecule has 0 unspecified atom stereocenters. The first kappa shape index (κ1) is 9.28. The highest BCUT2D eigenvalue weighted by atomic mass is 15.4. The van der Waals surface area contributed by atoms with Crippen molar-refractivity contribution < 1.29 is 0 Å². The Balaban J connectivity index is 2.53. The van der Waals surface area contributed by atoms with Crippen LogP contribution in [0.3, 0.4) is 0 Å². The predicted molar refractivity (Wildman–Crippen MR) is 49.2 cm³/mol. The van der Waals surface area contributed by atoms with Crippen LogP contribution < -0.4 is 17.0 Å². The summed E-state index contributed by atoms with van der Waals surface area (Å²) in [4.78, 5) is 0. The van der Waals surface area contributed by atoms with Gasteiger partial charge >= 0.3 is 0 Å². The number of hydrazine groups is 1. The molecule has 0 atom stereocenters. The van der Waals surface area contributed by atoms with E-state index in [4.69, 9.17) is 11.7 Å². The second kappa shape index (κ2) is 4.27. The third-order valence-corrected chi connectivity index (χ3v) is 2.20. The van der Waals surface area contributed by atoms with Gasteiger partial charge < -0.3 is 11.2 Å². The minimum absolute atomic E-state index is 0.422. The van der Waals surface area contributed by atoms with Gasteiger partial charge in [-0.15, -0.1) is 0 Å². The Kier molecular flexibility index (Phi) is 3.31. The van der Waals surface area contributed by atoms with E-state index in [1.807, 2.05) is 0 Å². The minimum atomic E-state index is 0.422. The second-order valence-corrected chi connectivity index (χ2v) is 3.12. The molecular weight excluding hydrogens is 154 g/mol. The van der Waals surface area contributed by atoms with Crippen molar-refractivity contribution in [3.05, 3.63) is 0 Å². The number of hydrazone groups is 1. The monoisotopic (exact) mass is 171 g/mol. The normalized spacial score (nSPS) is 21.0. The molecule has 1 rings (SSSR count). The molecule has 1 fully saturated rings. The van der Waals surface area contributed by atoms with E-state index in [9.17, 15) is 0 Å². The number of nitrogens with one attached hydrogen (secondary N) is 1. The van der Waals surface area contributed by atoms with Gasteiger partial charge in [-0.05, 0) is 25.9 Å². The lowest BCUT2D eigenvalue weighted by atomic mass is 9.97. The third-order valence-electron chi connectivity index (χ3n) is 2.20. The zero-order chi connectivity index (χ0) is 8.97. The maximum atomic E-state index is 5.58. The van der Waals surface area contributed by atoms with Crippen LogP contribution in [0.1, 0.15) is 12.8 Å². The molecule has 5 heteroatoms. The van der Waals surface area contributed by atoms with Gasteiger partial charge in [0.15, 0.2) is 0 Å². The van der Waals surface area contributed by atoms with E-state index in [-0.39, 0.29) is 0 Å². The molecule has 0 radical (unpaired) electrons. The molecule has 12 heavy (non-hydrogen) atoms. The van der Waals surface area contributed by atoms with Crippen molar-refractivity contribution in [2.24, 2.45) is 22.7 Å². The quantitative estimate of drug-likeness (QED) is 0.206. The molecule has 0 aromatic rings. The first-order valence-corrected chi connectivity index (χ1v) is 4.22. The van der Waals surface area contributed by atoms with Crippen LogP contribution in [0.15, 0.2) is 5.10 Å². The van der Waals surface area contributed by atoms with Gasteiger partial charge in [-0.3, -0.25) is 5.01 Å². The van der Waals surface area contributed by atoms with Crippen LogP contribution in [0.5, 0.6) is 0 Å². The molecule has 0 spiro atoms. The van der Waals surface area contributed by atoms with Crippen molar-refractivity contribution in [1.29, 1.82) is 0 Å². The summed E-state index contributed by atoms with van der Waals surface area (Å²) in [6.07, 6.45) is 2.13. The molecule has 0 bridgehead atoms. The summed E-state index contributed by atoms with van der Waals surface area (Å²) in [6.45, 7) is 2.05. The van der Waals surface area contributed by atoms with Crippen molar-refractivity contribution in [3.8, 4) is 0 Å². The van der Waals surface area contributed by atoms with Gasteiger partial charge in [0, 0.05) is 13.0 Å². The number of nitrogens with zero attached hydrogens (tertiary/aromatic N) is 2. The first-order chi connectivity index (χ1) is 5.75. The third kappa shape index (κ3) is 2.09. The van der Waals surface area contributed by atoms with Crippen molar-refractivity contribution in [2.45, 2.75) is 12.8 Å². The lowest BCUT2D eigenvalue weighted by Crippen LogP contribution is -2.43. The standard InChI is InChI=1S/C7H17N5/c1-12(9)7(11-8)6-2-4-10-5-3-6/h6,10H,2-5,8-9H2,1H3/b11-7-. The van der Waals surface area contributed by atoms with E-state index in [1.165, 1.54) is 5.01 Å². The fourth-order valence-corrected chi connectivity index (χ4v) is 1.56. The smallest absolute Gasteiger partial charge is 0.141 e. The summed E-state index contributed by atoms with van der Waals surface area (Å²) in [5.41, 5.74) is 0. The van der Waals surface area contributed by atoms with Gasteiger partial charge in [-0.25, -0.2) is 5.84 Å². The molecule has 70 valence electrons. The fraction of sp³-hybridized carbons (Fsp3) is 0.857. The van der Waals surface area contributed by atoms with Gasteiger partial charge in [0.05, 0.1) is 0 Å². The molecule has 0 amide bonds. The number of hydrogen-bond donors (Lipinski definition) is 3. The van der Waals surface area contributed by atoms with Gasteiger partial charge in [-0.2, -0.15) is 5.10 Å². The summed E-state index contributed by atoms with van der Waals surface area (Å²) >= 11 is 0. The Morgan fingerprint density at radius 2 is 2.08 bits per heavy atom. The molecule has 0 aliphatic carbocycles. The largest absolute Gasteiger partial charge is 0.322 e. The van der Waals surface area contributed by atoms with E-state index in [0.29, 0.717) is 5.92 Å². The topological polar surface area (TPSA) is 79.7 Å². The van der Waals surface area contributed by atoms with Crippen LogP contribution in [0.4, 0.5) is 0 Å². The van der Waals surface area contributed by atoms with Crippen LogP contribution >= 0.6 is 0 Å². The molecule has 1 aliphatic rings. The molecule has 5 nitrogen and oxygen atoms in total. The zero-order valence-corrected chi connectivity index (χ0v) is 7.45. The number of nitrogens with two attached hydrogens (primary N) is 2. The Bertz CT molecular complexity index is 159. The molecule has 5 N–H and O–H groups in total. The zero-order valence-electron chi connectivity index (χ0n) is 7.45. The van der Waals surface area contributed by atoms with E-state index in [0.717, 1.165) is 31.8 Å². The average Bonchev–Trinajstić information content (AvgIpc) is 2.07. The maximum Gasteiger partial charge on any atom is 0.141 e. The Labute approximate surface area is 72.7 Å². The minimum Gasteiger partial charge on any atom is -0.322 e. The lowest BCUT2D eigenvalue weighted by molar-refractivity contribution is 0.405. The maximum absolute atomic E-state index is 5.58. The van der Waals surface area contributed by atoms with Crippen molar-refractivity contribution in [3.63, 3.8) is 0 Å². The number of amidine groups is 1. The molecule has 0 aromatic heterocycles. The summed E-state index contributed by atoms with van der Waals surface area (Å²) < 4.78 is 0. The van der Waals surface area contributed by atoms with E-state index >= 15 is 0 Å². The summed E-state index contributed by atoms with van der Waals surface area (Å²) in [5.74, 6) is 12.1. The number of hydrogen-bond acceptors (Lipinski definition) is 4. The second-order valence-electron chi connectivity index (χ2n) is 3.12. The van der Waals surface area contributed by atoms with Crippen molar-refractivity contribution >= 4 is 5.84 Å². The van der Waals surface area contributed by atoms with Gasteiger partial charge in [0.1, 0.15) is 5.84 Å². The molecule has 0 saturated carbocycles. The summed E-state index contributed by atoms with van der Waals surface area (Å²) in [5, 5.41) is 8.49. The molecule has 0 aromatic carbocycles. The molecule has 1 aliphatic heterocycles. The van der Waals surface area contributed by atoms with Gasteiger partial charge in [-0.1, -0.05) is 0 Å². The molecular formula is C7H17N5. The van der Waals surface area contributed by atoms with Crippen molar-refractivity contribution in [1.82, 2.24) is 10.3 Å². The Morgan fingerprint density at radius 1 is 1.50 bits per heavy atom. The van der Waals surface area contributed by atoms with Crippen LogP contribution in [-0.4, -0.2) is 31.0 Å². The first-order valence-electron chi connectivity index (χ1n) is 4.22. The lowest BCUT2D eigenvalue weighted by Gasteiger charge is -2.27. The Morgan fingerprint density at radius 3 is 2.50 bits per heavy atom. The van der Waals surface area contributed by atoms with E-state index in [2.05, 4.69) is 10.4 Å². The summed E-state index contributed by atoms with van der Waals surface area (Å²) in [6, 6.07) is 0.